The van der Waals surface area contributed by atoms with Gasteiger partial charge in [-0.1, -0.05) is 15.9 Å². The van der Waals surface area contributed by atoms with Gasteiger partial charge in [-0.2, -0.15) is 0 Å². The Balaban J connectivity index is 3.18. The molecule has 0 nitrogen and oxygen atoms in total. The average molecular weight is 253 g/mol. The second kappa shape index (κ2) is 4.23. The topological polar surface area (TPSA) is 0 Å². The summed E-state index contributed by atoms with van der Waals surface area (Å²) < 4.78 is 26.0. The fourth-order valence-electron chi connectivity index (χ4n) is 0.885. The summed E-state index contributed by atoms with van der Waals surface area (Å²) in [6.45, 7) is 0. The lowest BCUT2D eigenvalue weighted by Gasteiger charge is -2.02. The maximum Gasteiger partial charge on any atom is 0.140 e. The summed E-state index contributed by atoms with van der Waals surface area (Å²) in [6, 6.07) is 2.67. The molecule has 66 valence electrons. The van der Waals surface area contributed by atoms with Crippen LogP contribution < -0.4 is 0 Å². The molecule has 1 aromatic carbocycles. The summed E-state index contributed by atoms with van der Waals surface area (Å²) in [7, 11) is 0. The molecule has 1 aromatic rings. The van der Waals surface area contributed by atoms with Gasteiger partial charge in [-0.3, -0.25) is 0 Å². The molecule has 0 radical (unpaired) electrons. The van der Waals surface area contributed by atoms with Gasteiger partial charge >= 0.3 is 0 Å². The van der Waals surface area contributed by atoms with E-state index >= 15 is 0 Å². The highest BCUT2D eigenvalue weighted by Gasteiger charge is 2.08. The van der Waals surface area contributed by atoms with Gasteiger partial charge in [0.25, 0.3) is 0 Å². The number of alkyl halides is 1. The van der Waals surface area contributed by atoms with Gasteiger partial charge in [-0.25, -0.2) is 8.78 Å². The molecule has 4 heteroatoms. The molecule has 0 saturated heterocycles. The summed E-state index contributed by atoms with van der Waals surface area (Å²) in [4.78, 5) is 0.0831. The minimum absolute atomic E-state index is 0.0831. The fraction of sp³-hybridized carbons (Fsp3) is 0.250. The minimum atomic E-state index is -0.489. The standard InChI is InChI=1S/C8H7BrF2S/c1-12-8-6(10)2-5(4-9)3-7(8)11/h2-3H,4H2,1H3. The van der Waals surface area contributed by atoms with E-state index < -0.39 is 11.6 Å². The molecule has 0 fully saturated rings. The maximum atomic E-state index is 13.0. The van der Waals surface area contributed by atoms with Crippen LogP contribution in [0.15, 0.2) is 17.0 Å². The third-order valence-corrected chi connectivity index (χ3v) is 2.86. The molecule has 0 heterocycles. The molecule has 0 saturated carbocycles. The lowest BCUT2D eigenvalue weighted by atomic mass is 10.2. The summed E-state index contributed by atoms with van der Waals surface area (Å²) >= 11 is 4.21. The van der Waals surface area contributed by atoms with E-state index in [2.05, 4.69) is 15.9 Å². The Hall–Kier alpha value is -0.0900. The quantitative estimate of drug-likeness (QED) is 0.573. The minimum Gasteiger partial charge on any atom is -0.206 e. The van der Waals surface area contributed by atoms with Gasteiger partial charge in [0, 0.05) is 5.33 Å². The summed E-state index contributed by atoms with van der Waals surface area (Å²) in [5.74, 6) is -0.978. The second-order valence-electron chi connectivity index (χ2n) is 2.23. The molecule has 0 aliphatic heterocycles. The van der Waals surface area contributed by atoms with Gasteiger partial charge in [0.1, 0.15) is 11.6 Å². The highest BCUT2D eigenvalue weighted by molar-refractivity contribution is 9.08. The first-order chi connectivity index (χ1) is 5.69. The van der Waals surface area contributed by atoms with Crippen molar-refractivity contribution in [1.82, 2.24) is 0 Å². The first kappa shape index (κ1) is 9.99. The number of rotatable bonds is 2. The smallest absolute Gasteiger partial charge is 0.140 e. The van der Waals surface area contributed by atoms with Crippen molar-refractivity contribution in [3.8, 4) is 0 Å². The van der Waals surface area contributed by atoms with Crippen molar-refractivity contribution in [2.24, 2.45) is 0 Å². The third kappa shape index (κ3) is 1.98. The van der Waals surface area contributed by atoms with Crippen LogP contribution in [0.2, 0.25) is 0 Å². The molecule has 0 atom stereocenters. The van der Waals surface area contributed by atoms with Gasteiger partial charge in [-0.05, 0) is 24.0 Å². The van der Waals surface area contributed by atoms with Crippen molar-refractivity contribution >= 4 is 27.7 Å². The van der Waals surface area contributed by atoms with Crippen LogP contribution in [0.25, 0.3) is 0 Å². The van der Waals surface area contributed by atoms with Gasteiger partial charge in [0.05, 0.1) is 4.90 Å². The molecule has 0 aromatic heterocycles. The van der Waals surface area contributed by atoms with E-state index in [0.717, 1.165) is 11.8 Å². The van der Waals surface area contributed by atoms with Crippen molar-refractivity contribution in [3.05, 3.63) is 29.3 Å². The lowest BCUT2D eigenvalue weighted by Crippen LogP contribution is -1.90. The first-order valence-corrected chi connectivity index (χ1v) is 5.61. The van der Waals surface area contributed by atoms with Crippen LogP contribution in [0.1, 0.15) is 5.56 Å². The summed E-state index contributed by atoms with van der Waals surface area (Å²) in [5, 5.41) is 0.468. The maximum absolute atomic E-state index is 13.0. The van der Waals surface area contributed by atoms with Crippen molar-refractivity contribution in [1.29, 1.82) is 0 Å². The van der Waals surface area contributed by atoms with Crippen molar-refractivity contribution in [3.63, 3.8) is 0 Å². The number of thioether (sulfide) groups is 1. The van der Waals surface area contributed by atoms with Crippen LogP contribution in [0.4, 0.5) is 8.78 Å². The van der Waals surface area contributed by atoms with Crippen molar-refractivity contribution in [2.45, 2.75) is 10.2 Å². The molecular weight excluding hydrogens is 246 g/mol. The highest BCUT2D eigenvalue weighted by atomic mass is 79.9. The summed E-state index contributed by atoms with van der Waals surface area (Å²) in [5.41, 5.74) is 0.614. The Bertz CT molecular complexity index is 265. The van der Waals surface area contributed by atoms with E-state index in [4.69, 9.17) is 0 Å². The second-order valence-corrected chi connectivity index (χ2v) is 3.60. The Morgan fingerprint density at radius 2 is 1.83 bits per heavy atom. The molecule has 0 N–H and O–H groups in total. The molecule has 0 aliphatic carbocycles. The fourth-order valence-corrected chi connectivity index (χ4v) is 1.72. The van der Waals surface area contributed by atoms with Crippen LogP contribution in [0.5, 0.6) is 0 Å². The highest BCUT2D eigenvalue weighted by Crippen LogP contribution is 2.24. The van der Waals surface area contributed by atoms with Crippen LogP contribution in [0, 0.1) is 11.6 Å². The van der Waals surface area contributed by atoms with Gasteiger partial charge < -0.3 is 0 Å². The summed E-state index contributed by atoms with van der Waals surface area (Å²) in [6.07, 6.45) is 1.65. The van der Waals surface area contributed by atoms with Gasteiger partial charge in [0.15, 0.2) is 0 Å². The van der Waals surface area contributed by atoms with Crippen molar-refractivity contribution < 1.29 is 8.78 Å². The van der Waals surface area contributed by atoms with Crippen LogP contribution in [0.3, 0.4) is 0 Å². The van der Waals surface area contributed by atoms with Crippen molar-refractivity contribution in [2.75, 3.05) is 6.26 Å². The number of hydrogen-bond acceptors (Lipinski definition) is 1. The van der Waals surface area contributed by atoms with E-state index in [1.807, 2.05) is 0 Å². The number of benzene rings is 1. The van der Waals surface area contributed by atoms with Crippen LogP contribution in [-0.4, -0.2) is 6.26 Å². The van der Waals surface area contributed by atoms with E-state index in [0.29, 0.717) is 10.9 Å². The van der Waals surface area contributed by atoms with Gasteiger partial charge in [-0.15, -0.1) is 11.8 Å². The lowest BCUT2D eigenvalue weighted by molar-refractivity contribution is 0.539. The Labute approximate surface area is 82.5 Å². The average Bonchev–Trinajstić information content (AvgIpc) is 2.03. The molecule has 0 unspecified atom stereocenters. The van der Waals surface area contributed by atoms with Crippen LogP contribution in [-0.2, 0) is 5.33 Å². The molecule has 0 bridgehead atoms. The number of halogens is 3. The van der Waals surface area contributed by atoms with Crippen LogP contribution >= 0.6 is 27.7 Å². The molecule has 0 amide bonds. The zero-order valence-electron chi connectivity index (χ0n) is 6.40. The molecule has 12 heavy (non-hydrogen) atoms. The third-order valence-electron chi connectivity index (χ3n) is 1.42. The van der Waals surface area contributed by atoms with E-state index in [9.17, 15) is 8.78 Å². The van der Waals surface area contributed by atoms with E-state index in [1.54, 1.807) is 6.26 Å². The molecule has 1 rings (SSSR count). The first-order valence-electron chi connectivity index (χ1n) is 3.27. The predicted molar refractivity (Wildman–Crippen MR) is 50.8 cm³/mol. The molecule has 0 aliphatic rings. The molecular formula is C8H7BrF2S. The molecule has 0 spiro atoms. The largest absolute Gasteiger partial charge is 0.206 e. The SMILES string of the molecule is CSc1c(F)cc(CBr)cc1F. The predicted octanol–water partition coefficient (Wildman–Crippen LogP) is 3.58. The van der Waals surface area contributed by atoms with E-state index in [1.165, 1.54) is 12.1 Å². The zero-order valence-corrected chi connectivity index (χ0v) is 8.81. The Morgan fingerprint density at radius 1 is 1.33 bits per heavy atom. The Kier molecular flexibility index (Phi) is 3.53. The Morgan fingerprint density at radius 3 is 2.17 bits per heavy atom. The monoisotopic (exact) mass is 252 g/mol. The van der Waals surface area contributed by atoms with Gasteiger partial charge in [0.2, 0.25) is 0 Å². The number of hydrogen-bond donors (Lipinski definition) is 0. The van der Waals surface area contributed by atoms with E-state index in [-0.39, 0.29) is 4.90 Å². The zero-order chi connectivity index (χ0) is 9.14. The normalized spacial score (nSPS) is 10.3.